The molecule has 0 bridgehead atoms. The van der Waals surface area contributed by atoms with Gasteiger partial charge in [0.15, 0.2) is 0 Å². The zero-order chi connectivity index (χ0) is 12.0. The van der Waals surface area contributed by atoms with Gasteiger partial charge in [-0.05, 0) is 18.4 Å². The molecule has 0 aliphatic carbocycles. The first-order valence-electron chi connectivity index (χ1n) is 5.73. The first-order chi connectivity index (χ1) is 7.65. The van der Waals surface area contributed by atoms with Crippen molar-refractivity contribution in [1.82, 2.24) is 0 Å². The number of rotatable bonds is 6. The van der Waals surface area contributed by atoms with Gasteiger partial charge in [-0.2, -0.15) is 0 Å². The normalized spacial score (nSPS) is 12.2. The van der Waals surface area contributed by atoms with E-state index in [1.807, 2.05) is 6.07 Å². The lowest BCUT2D eigenvalue weighted by molar-refractivity contribution is 0.252. The Morgan fingerprint density at radius 1 is 1.31 bits per heavy atom. The van der Waals surface area contributed by atoms with Crippen LogP contribution in [0.4, 0.5) is 0 Å². The Bertz CT molecular complexity index is 315. The topological polar surface area (TPSA) is 49.7 Å². The van der Waals surface area contributed by atoms with Crippen LogP contribution >= 0.6 is 0 Å². The number of para-hydroxylation sites is 1. The number of benzene rings is 1. The highest BCUT2D eigenvalue weighted by molar-refractivity contribution is 6.59. The highest BCUT2D eigenvalue weighted by Crippen LogP contribution is 2.11. The second-order valence-corrected chi connectivity index (χ2v) is 4.12. The van der Waals surface area contributed by atoms with E-state index in [1.165, 1.54) is 0 Å². The molecule has 1 rings (SSSR count). The van der Waals surface area contributed by atoms with Crippen LogP contribution in [0.15, 0.2) is 24.3 Å². The summed E-state index contributed by atoms with van der Waals surface area (Å²) in [6.07, 6.45) is 2.25. The van der Waals surface area contributed by atoms with Crippen LogP contribution in [0.2, 0.25) is 0 Å². The standard InChI is InChI=1S/C12H19BO3/c1-3-6-10(2)9-16-12-8-5-4-7-11(12)13(14)15/h4-5,7-8,10,14-15H,3,6,9H2,1-2H3. The third-order valence-corrected chi connectivity index (χ3v) is 2.50. The Labute approximate surface area is 97.2 Å². The molecule has 0 radical (unpaired) electrons. The fourth-order valence-electron chi connectivity index (χ4n) is 1.63. The maximum atomic E-state index is 9.15. The molecule has 0 heterocycles. The molecule has 4 heteroatoms. The Kier molecular flexibility index (Phi) is 5.36. The van der Waals surface area contributed by atoms with Crippen molar-refractivity contribution in [3.8, 4) is 5.75 Å². The molecule has 1 unspecified atom stereocenters. The molecule has 0 saturated carbocycles. The molecule has 0 amide bonds. The third kappa shape index (κ3) is 3.87. The molecule has 0 spiro atoms. The quantitative estimate of drug-likeness (QED) is 0.710. The average molecular weight is 222 g/mol. The molecule has 0 aliphatic heterocycles. The summed E-state index contributed by atoms with van der Waals surface area (Å²) in [5, 5.41) is 18.3. The van der Waals surface area contributed by atoms with Gasteiger partial charge in [0.25, 0.3) is 0 Å². The summed E-state index contributed by atoms with van der Waals surface area (Å²) < 4.78 is 5.59. The minimum atomic E-state index is -1.47. The van der Waals surface area contributed by atoms with Crippen LogP contribution in [0, 0.1) is 5.92 Å². The van der Waals surface area contributed by atoms with Gasteiger partial charge >= 0.3 is 7.12 Å². The van der Waals surface area contributed by atoms with Crippen LogP contribution in [0.1, 0.15) is 26.7 Å². The van der Waals surface area contributed by atoms with E-state index < -0.39 is 7.12 Å². The molecule has 2 N–H and O–H groups in total. The molecule has 88 valence electrons. The van der Waals surface area contributed by atoms with Crippen LogP contribution in [0.5, 0.6) is 5.75 Å². The van der Waals surface area contributed by atoms with Crippen molar-refractivity contribution in [3.05, 3.63) is 24.3 Å². The minimum Gasteiger partial charge on any atom is -0.494 e. The number of hydrogen-bond acceptors (Lipinski definition) is 3. The molecule has 1 atom stereocenters. The monoisotopic (exact) mass is 222 g/mol. The Balaban J connectivity index is 2.59. The lowest BCUT2D eigenvalue weighted by Crippen LogP contribution is -2.31. The smallest absolute Gasteiger partial charge is 0.492 e. The highest BCUT2D eigenvalue weighted by Gasteiger charge is 2.16. The van der Waals surface area contributed by atoms with E-state index >= 15 is 0 Å². The van der Waals surface area contributed by atoms with Gasteiger partial charge in [0.2, 0.25) is 0 Å². The van der Waals surface area contributed by atoms with Crippen molar-refractivity contribution in [2.45, 2.75) is 26.7 Å². The summed E-state index contributed by atoms with van der Waals surface area (Å²) in [7, 11) is -1.47. The van der Waals surface area contributed by atoms with Crippen LogP contribution in [-0.2, 0) is 0 Å². The van der Waals surface area contributed by atoms with Crippen LogP contribution in [0.3, 0.4) is 0 Å². The van der Waals surface area contributed by atoms with Gasteiger partial charge in [-0.25, -0.2) is 0 Å². The zero-order valence-electron chi connectivity index (χ0n) is 9.89. The number of hydrogen-bond donors (Lipinski definition) is 2. The van der Waals surface area contributed by atoms with Gasteiger partial charge in [0.1, 0.15) is 5.75 Å². The molecule has 0 fully saturated rings. The van der Waals surface area contributed by atoms with E-state index in [2.05, 4.69) is 13.8 Å². The fraction of sp³-hybridized carbons (Fsp3) is 0.500. The number of ether oxygens (including phenoxy) is 1. The van der Waals surface area contributed by atoms with Crippen LogP contribution in [0.25, 0.3) is 0 Å². The van der Waals surface area contributed by atoms with Crippen molar-refractivity contribution >= 4 is 12.6 Å². The van der Waals surface area contributed by atoms with Crippen LogP contribution in [-0.4, -0.2) is 23.8 Å². The van der Waals surface area contributed by atoms with Crippen molar-refractivity contribution < 1.29 is 14.8 Å². The Morgan fingerprint density at radius 2 is 2.00 bits per heavy atom. The van der Waals surface area contributed by atoms with E-state index in [-0.39, 0.29) is 0 Å². The molecule has 3 nitrogen and oxygen atoms in total. The summed E-state index contributed by atoms with van der Waals surface area (Å²) in [6, 6.07) is 7.00. The molecule has 16 heavy (non-hydrogen) atoms. The average Bonchev–Trinajstić information content (AvgIpc) is 2.27. The Hall–Kier alpha value is -0.995. The fourth-order valence-corrected chi connectivity index (χ4v) is 1.63. The summed E-state index contributed by atoms with van der Waals surface area (Å²) in [4.78, 5) is 0. The molecular weight excluding hydrogens is 203 g/mol. The van der Waals surface area contributed by atoms with Crippen molar-refractivity contribution in [3.63, 3.8) is 0 Å². The van der Waals surface area contributed by atoms with Gasteiger partial charge in [-0.1, -0.05) is 38.5 Å². The molecular formula is C12H19BO3. The summed E-state index contributed by atoms with van der Waals surface area (Å²) in [5.74, 6) is 1.04. The van der Waals surface area contributed by atoms with Gasteiger partial charge in [0.05, 0.1) is 6.61 Å². The first kappa shape index (κ1) is 13.1. The van der Waals surface area contributed by atoms with Crippen molar-refractivity contribution in [2.75, 3.05) is 6.61 Å². The second-order valence-electron chi connectivity index (χ2n) is 4.12. The summed E-state index contributed by atoms with van der Waals surface area (Å²) in [6.45, 7) is 4.88. The van der Waals surface area contributed by atoms with E-state index in [0.29, 0.717) is 23.7 Å². The minimum absolute atomic E-state index is 0.422. The molecule has 1 aromatic carbocycles. The lowest BCUT2D eigenvalue weighted by Gasteiger charge is -2.14. The largest absolute Gasteiger partial charge is 0.494 e. The highest BCUT2D eigenvalue weighted by atomic mass is 16.5. The van der Waals surface area contributed by atoms with Gasteiger partial charge in [-0.3, -0.25) is 0 Å². The predicted octanol–water partition coefficient (Wildman–Crippen LogP) is 1.18. The zero-order valence-corrected chi connectivity index (χ0v) is 9.89. The SMILES string of the molecule is CCCC(C)COc1ccccc1B(O)O. The molecule has 0 aliphatic rings. The van der Waals surface area contributed by atoms with Gasteiger partial charge < -0.3 is 14.8 Å². The molecule has 0 aromatic heterocycles. The Morgan fingerprint density at radius 3 is 2.62 bits per heavy atom. The predicted molar refractivity (Wildman–Crippen MR) is 65.8 cm³/mol. The van der Waals surface area contributed by atoms with Gasteiger partial charge in [-0.15, -0.1) is 0 Å². The first-order valence-corrected chi connectivity index (χ1v) is 5.73. The van der Waals surface area contributed by atoms with E-state index in [1.54, 1.807) is 18.2 Å². The maximum Gasteiger partial charge on any atom is 0.492 e. The third-order valence-electron chi connectivity index (χ3n) is 2.50. The molecule has 1 aromatic rings. The lowest BCUT2D eigenvalue weighted by atomic mass is 9.79. The van der Waals surface area contributed by atoms with Gasteiger partial charge in [0, 0.05) is 5.46 Å². The van der Waals surface area contributed by atoms with Crippen molar-refractivity contribution in [2.24, 2.45) is 5.92 Å². The summed E-state index contributed by atoms with van der Waals surface area (Å²) in [5.41, 5.74) is 0.422. The second kappa shape index (κ2) is 6.56. The van der Waals surface area contributed by atoms with E-state index in [9.17, 15) is 0 Å². The van der Waals surface area contributed by atoms with Crippen molar-refractivity contribution in [1.29, 1.82) is 0 Å². The maximum absolute atomic E-state index is 9.15. The van der Waals surface area contributed by atoms with E-state index in [0.717, 1.165) is 12.8 Å². The van der Waals surface area contributed by atoms with E-state index in [4.69, 9.17) is 14.8 Å². The summed E-state index contributed by atoms with van der Waals surface area (Å²) >= 11 is 0. The molecule has 0 saturated heterocycles. The van der Waals surface area contributed by atoms with Crippen LogP contribution < -0.4 is 10.2 Å².